The van der Waals surface area contributed by atoms with E-state index < -0.39 is 0 Å². The van der Waals surface area contributed by atoms with Gasteiger partial charge in [0.2, 0.25) is 5.91 Å². The van der Waals surface area contributed by atoms with E-state index in [-0.39, 0.29) is 5.91 Å². The van der Waals surface area contributed by atoms with E-state index in [0.29, 0.717) is 13.0 Å². The van der Waals surface area contributed by atoms with Gasteiger partial charge in [0, 0.05) is 49.1 Å². The van der Waals surface area contributed by atoms with Crippen LogP contribution in [0.2, 0.25) is 5.02 Å². The molecule has 142 valence electrons. The molecular formula is C21H24ClN3O2. The Hall–Kier alpha value is -2.24. The highest BCUT2D eigenvalue weighted by Crippen LogP contribution is 2.27. The van der Waals surface area contributed by atoms with Crippen LogP contribution in [0.4, 0.5) is 11.4 Å². The van der Waals surface area contributed by atoms with Gasteiger partial charge in [0.15, 0.2) is 0 Å². The van der Waals surface area contributed by atoms with Crippen LogP contribution in [0.3, 0.4) is 0 Å². The van der Waals surface area contributed by atoms with Crippen LogP contribution in [0.15, 0.2) is 42.5 Å². The van der Waals surface area contributed by atoms with E-state index in [1.165, 1.54) is 5.69 Å². The lowest BCUT2D eigenvalue weighted by atomic mass is 10.1. The molecule has 2 aromatic rings. The van der Waals surface area contributed by atoms with Gasteiger partial charge in [-0.15, -0.1) is 0 Å². The minimum Gasteiger partial charge on any atom is -0.494 e. The van der Waals surface area contributed by atoms with Crippen molar-refractivity contribution in [2.24, 2.45) is 0 Å². The summed E-state index contributed by atoms with van der Waals surface area (Å²) in [7, 11) is 0. The van der Waals surface area contributed by atoms with Crippen LogP contribution >= 0.6 is 11.6 Å². The number of hydrogen-bond donors (Lipinski definition) is 1. The fourth-order valence-corrected chi connectivity index (χ4v) is 3.86. The number of nitrogens with zero attached hydrogens (tertiary/aromatic N) is 2. The summed E-state index contributed by atoms with van der Waals surface area (Å²) in [6.07, 6.45) is 1.44. The van der Waals surface area contributed by atoms with Gasteiger partial charge in [-0.05, 0) is 48.4 Å². The van der Waals surface area contributed by atoms with Crippen molar-refractivity contribution in [3.05, 3.63) is 53.1 Å². The van der Waals surface area contributed by atoms with Crippen LogP contribution in [0.25, 0.3) is 0 Å². The van der Waals surface area contributed by atoms with E-state index >= 15 is 0 Å². The Kier molecular flexibility index (Phi) is 5.50. The second kappa shape index (κ2) is 8.19. The Morgan fingerprint density at radius 1 is 1.07 bits per heavy atom. The van der Waals surface area contributed by atoms with Gasteiger partial charge < -0.3 is 15.0 Å². The molecule has 4 rings (SSSR count). The number of benzene rings is 2. The highest BCUT2D eigenvalue weighted by Gasteiger charge is 2.18. The molecule has 0 atom stereocenters. The highest BCUT2D eigenvalue weighted by atomic mass is 35.5. The van der Waals surface area contributed by atoms with Gasteiger partial charge >= 0.3 is 0 Å². The van der Waals surface area contributed by atoms with Crippen LogP contribution in [-0.4, -0.2) is 50.1 Å². The van der Waals surface area contributed by atoms with E-state index in [0.717, 1.165) is 61.2 Å². The molecule has 2 aliphatic heterocycles. The van der Waals surface area contributed by atoms with Crippen molar-refractivity contribution in [2.45, 2.75) is 12.8 Å². The SMILES string of the molecule is O=C1Cc2cc(OCCCN3CCN(c4cccc(Cl)c4)CC3)ccc2N1. The van der Waals surface area contributed by atoms with E-state index in [9.17, 15) is 4.79 Å². The van der Waals surface area contributed by atoms with Crippen molar-refractivity contribution in [1.29, 1.82) is 0 Å². The van der Waals surface area contributed by atoms with Crippen LogP contribution in [0.1, 0.15) is 12.0 Å². The highest BCUT2D eigenvalue weighted by molar-refractivity contribution is 6.30. The molecule has 2 aromatic carbocycles. The Labute approximate surface area is 164 Å². The number of halogens is 1. The molecule has 2 aliphatic rings. The summed E-state index contributed by atoms with van der Waals surface area (Å²) >= 11 is 6.09. The van der Waals surface area contributed by atoms with E-state index in [4.69, 9.17) is 16.3 Å². The lowest BCUT2D eigenvalue weighted by Gasteiger charge is -2.36. The van der Waals surface area contributed by atoms with Crippen LogP contribution in [-0.2, 0) is 11.2 Å². The fraction of sp³-hybridized carbons (Fsp3) is 0.381. The zero-order valence-corrected chi connectivity index (χ0v) is 16.0. The lowest BCUT2D eigenvalue weighted by molar-refractivity contribution is -0.115. The van der Waals surface area contributed by atoms with Gasteiger partial charge in [-0.2, -0.15) is 0 Å². The predicted molar refractivity (Wildman–Crippen MR) is 109 cm³/mol. The largest absolute Gasteiger partial charge is 0.494 e. The van der Waals surface area contributed by atoms with Crippen molar-refractivity contribution < 1.29 is 9.53 Å². The van der Waals surface area contributed by atoms with Gasteiger partial charge in [0.05, 0.1) is 13.0 Å². The van der Waals surface area contributed by atoms with Gasteiger partial charge in [0.1, 0.15) is 5.75 Å². The number of fused-ring (bicyclic) bond motifs is 1. The second-order valence-electron chi connectivity index (χ2n) is 7.05. The molecular weight excluding hydrogens is 362 g/mol. The summed E-state index contributed by atoms with van der Waals surface area (Å²) in [6, 6.07) is 13.9. The van der Waals surface area contributed by atoms with E-state index in [1.54, 1.807) is 0 Å². The maximum atomic E-state index is 11.4. The van der Waals surface area contributed by atoms with Gasteiger partial charge in [-0.25, -0.2) is 0 Å². The van der Waals surface area contributed by atoms with Crippen LogP contribution in [0, 0.1) is 0 Å². The van der Waals surface area contributed by atoms with E-state index in [2.05, 4.69) is 21.2 Å². The third kappa shape index (κ3) is 4.54. The third-order valence-corrected chi connectivity index (χ3v) is 5.37. The molecule has 0 aromatic heterocycles. The topological polar surface area (TPSA) is 44.8 Å². The molecule has 0 radical (unpaired) electrons. The summed E-state index contributed by atoms with van der Waals surface area (Å²) in [5.74, 6) is 0.898. The van der Waals surface area contributed by atoms with Crippen LogP contribution < -0.4 is 15.0 Å². The summed E-state index contributed by atoms with van der Waals surface area (Å²) in [5, 5.41) is 3.63. The number of hydrogen-bond acceptors (Lipinski definition) is 4. The zero-order valence-electron chi connectivity index (χ0n) is 15.3. The summed E-state index contributed by atoms with van der Waals surface area (Å²) < 4.78 is 5.87. The predicted octanol–water partition coefficient (Wildman–Crippen LogP) is 3.43. The first-order valence-electron chi connectivity index (χ1n) is 9.46. The smallest absolute Gasteiger partial charge is 0.228 e. The Morgan fingerprint density at radius 2 is 1.93 bits per heavy atom. The minimum atomic E-state index is 0.0547. The molecule has 1 fully saturated rings. The Balaban J connectivity index is 1.18. The molecule has 1 saturated heterocycles. The minimum absolute atomic E-state index is 0.0547. The van der Waals surface area contributed by atoms with Crippen molar-refractivity contribution in [3.63, 3.8) is 0 Å². The Morgan fingerprint density at radius 3 is 2.74 bits per heavy atom. The average Bonchev–Trinajstić information content (AvgIpc) is 3.05. The number of amides is 1. The number of ether oxygens (including phenoxy) is 1. The number of carbonyl (C=O) groups is 1. The van der Waals surface area contributed by atoms with E-state index in [1.807, 2.05) is 36.4 Å². The monoisotopic (exact) mass is 385 g/mol. The molecule has 6 heteroatoms. The summed E-state index contributed by atoms with van der Waals surface area (Å²) in [4.78, 5) is 16.3. The molecule has 27 heavy (non-hydrogen) atoms. The maximum absolute atomic E-state index is 11.4. The average molecular weight is 386 g/mol. The fourth-order valence-electron chi connectivity index (χ4n) is 3.68. The molecule has 0 saturated carbocycles. The molecule has 1 N–H and O–H groups in total. The first kappa shape index (κ1) is 18.1. The molecule has 1 amide bonds. The summed E-state index contributed by atoms with van der Waals surface area (Å²) in [6.45, 7) is 5.88. The molecule has 0 unspecified atom stereocenters. The first-order valence-corrected chi connectivity index (χ1v) is 9.84. The molecule has 0 aliphatic carbocycles. The summed E-state index contributed by atoms with van der Waals surface area (Å²) in [5.41, 5.74) is 3.13. The normalized spacial score (nSPS) is 16.9. The number of rotatable bonds is 6. The third-order valence-electron chi connectivity index (χ3n) is 5.13. The van der Waals surface area contributed by atoms with Crippen molar-refractivity contribution in [1.82, 2.24) is 4.90 Å². The molecule has 0 bridgehead atoms. The molecule has 2 heterocycles. The first-order chi connectivity index (χ1) is 13.2. The number of carbonyl (C=O) groups excluding carboxylic acids is 1. The van der Waals surface area contributed by atoms with Gasteiger partial charge in [-0.1, -0.05) is 17.7 Å². The molecule has 0 spiro atoms. The van der Waals surface area contributed by atoms with Crippen LogP contribution in [0.5, 0.6) is 5.75 Å². The van der Waals surface area contributed by atoms with Crippen molar-refractivity contribution >= 4 is 28.9 Å². The zero-order chi connectivity index (χ0) is 18.6. The number of piperazine rings is 1. The van der Waals surface area contributed by atoms with Crippen molar-refractivity contribution in [3.8, 4) is 5.75 Å². The van der Waals surface area contributed by atoms with Gasteiger partial charge in [-0.3, -0.25) is 9.69 Å². The second-order valence-corrected chi connectivity index (χ2v) is 7.49. The Bertz CT molecular complexity index is 819. The number of anilines is 2. The molecule has 5 nitrogen and oxygen atoms in total. The standard InChI is InChI=1S/C21H24ClN3O2/c22-17-3-1-4-18(15-17)25-10-8-24(9-11-25)7-2-12-27-19-5-6-20-16(13-19)14-21(26)23-20/h1,3-6,13,15H,2,7-12,14H2,(H,23,26). The lowest BCUT2D eigenvalue weighted by Crippen LogP contribution is -2.46. The quantitative estimate of drug-likeness (QED) is 0.774. The van der Waals surface area contributed by atoms with Crippen molar-refractivity contribution in [2.75, 3.05) is 49.5 Å². The maximum Gasteiger partial charge on any atom is 0.228 e. The number of nitrogens with one attached hydrogen (secondary N) is 1. The van der Waals surface area contributed by atoms with Gasteiger partial charge in [0.25, 0.3) is 0 Å².